The predicted octanol–water partition coefficient (Wildman–Crippen LogP) is 3.02. The second kappa shape index (κ2) is 6.79. The maximum absolute atomic E-state index is 9.17. The number of aliphatic hydroxyl groups is 1. The van der Waals surface area contributed by atoms with Gasteiger partial charge in [0, 0.05) is 5.56 Å². The van der Waals surface area contributed by atoms with Gasteiger partial charge < -0.3 is 9.84 Å². The Morgan fingerprint density at radius 3 is 2.10 bits per heavy atom. The third-order valence-electron chi connectivity index (χ3n) is 2.94. The summed E-state index contributed by atoms with van der Waals surface area (Å²) in [5, 5.41) is 9.17. The van der Waals surface area contributed by atoms with Crippen molar-refractivity contribution in [2.24, 2.45) is 0 Å². The van der Waals surface area contributed by atoms with E-state index in [0.29, 0.717) is 6.61 Å². The van der Waals surface area contributed by atoms with Crippen molar-refractivity contribution >= 4 is 0 Å². The molecule has 0 aliphatic carbocycles. The molecule has 0 saturated carbocycles. The Balaban J connectivity index is 1.97. The van der Waals surface area contributed by atoms with E-state index < -0.39 is 6.10 Å². The van der Waals surface area contributed by atoms with Crippen LogP contribution in [0.2, 0.25) is 0 Å². The number of hydrogen-bond donors (Lipinski definition) is 1. The van der Waals surface area contributed by atoms with E-state index in [4.69, 9.17) is 16.3 Å². The highest BCUT2D eigenvalue weighted by Crippen LogP contribution is 2.16. The first-order chi connectivity index (χ1) is 9.67. The number of terminal acetylenes is 1. The molecule has 0 aliphatic rings. The molecular weight excluding hydrogens is 248 g/mol. The van der Waals surface area contributed by atoms with Crippen LogP contribution in [0.3, 0.4) is 0 Å². The van der Waals surface area contributed by atoms with Crippen LogP contribution in [0.1, 0.15) is 23.6 Å². The first-order valence-electron chi connectivity index (χ1n) is 6.63. The van der Waals surface area contributed by atoms with E-state index in [1.54, 1.807) is 6.92 Å². The highest BCUT2D eigenvalue weighted by atomic mass is 16.5. The Labute approximate surface area is 120 Å². The fourth-order valence-electron chi connectivity index (χ4n) is 1.87. The molecule has 2 heteroatoms. The number of rotatable bonds is 5. The van der Waals surface area contributed by atoms with Crippen LogP contribution in [-0.2, 0) is 6.42 Å². The number of hydrogen-bond acceptors (Lipinski definition) is 2. The summed E-state index contributed by atoms with van der Waals surface area (Å²) >= 11 is 0. The van der Waals surface area contributed by atoms with Crippen molar-refractivity contribution in [1.82, 2.24) is 0 Å². The molecule has 1 atom stereocenters. The monoisotopic (exact) mass is 266 g/mol. The van der Waals surface area contributed by atoms with Gasteiger partial charge in [-0.2, -0.15) is 0 Å². The lowest BCUT2D eigenvalue weighted by Gasteiger charge is -2.09. The minimum Gasteiger partial charge on any atom is -0.491 e. The second-order valence-corrected chi connectivity index (χ2v) is 4.82. The fourth-order valence-corrected chi connectivity index (χ4v) is 1.87. The van der Waals surface area contributed by atoms with Crippen LogP contribution in [0.25, 0.3) is 0 Å². The second-order valence-electron chi connectivity index (χ2n) is 4.82. The third-order valence-corrected chi connectivity index (χ3v) is 2.94. The first kappa shape index (κ1) is 14.2. The molecule has 2 nitrogen and oxygen atoms in total. The molecule has 0 bridgehead atoms. The lowest BCUT2D eigenvalue weighted by Crippen LogP contribution is -2.12. The van der Waals surface area contributed by atoms with Crippen molar-refractivity contribution in [3.8, 4) is 18.1 Å². The van der Waals surface area contributed by atoms with Gasteiger partial charge >= 0.3 is 0 Å². The number of aliphatic hydroxyl groups excluding tert-OH is 1. The lowest BCUT2D eigenvalue weighted by molar-refractivity contribution is 0.122. The molecule has 0 heterocycles. The predicted molar refractivity (Wildman–Crippen MR) is 80.8 cm³/mol. The lowest BCUT2D eigenvalue weighted by atomic mass is 10.0. The van der Waals surface area contributed by atoms with Crippen LogP contribution < -0.4 is 4.74 Å². The van der Waals surface area contributed by atoms with Crippen LogP contribution in [0, 0.1) is 12.3 Å². The van der Waals surface area contributed by atoms with E-state index in [9.17, 15) is 0 Å². The largest absolute Gasteiger partial charge is 0.491 e. The van der Waals surface area contributed by atoms with Gasteiger partial charge in [0.05, 0.1) is 6.10 Å². The average Bonchev–Trinajstić information content (AvgIpc) is 2.47. The summed E-state index contributed by atoms with van der Waals surface area (Å²) in [6.45, 7) is 2.02. The Bertz CT molecular complexity index is 574. The normalized spacial score (nSPS) is 11.7. The van der Waals surface area contributed by atoms with E-state index >= 15 is 0 Å². The van der Waals surface area contributed by atoms with E-state index in [-0.39, 0.29) is 0 Å². The van der Waals surface area contributed by atoms with E-state index in [0.717, 1.165) is 17.7 Å². The van der Waals surface area contributed by atoms with Crippen molar-refractivity contribution in [2.45, 2.75) is 19.4 Å². The summed E-state index contributed by atoms with van der Waals surface area (Å²) < 4.78 is 5.43. The fraction of sp³-hybridized carbons (Fsp3) is 0.222. The van der Waals surface area contributed by atoms with Gasteiger partial charge in [0.15, 0.2) is 0 Å². The number of benzene rings is 2. The smallest absolute Gasteiger partial charge is 0.119 e. The molecule has 2 aromatic rings. The maximum Gasteiger partial charge on any atom is 0.119 e. The van der Waals surface area contributed by atoms with Crippen LogP contribution >= 0.6 is 0 Å². The van der Waals surface area contributed by atoms with Crippen molar-refractivity contribution in [3.05, 3.63) is 65.2 Å². The molecular formula is C18H18O2. The summed E-state index contributed by atoms with van der Waals surface area (Å²) in [6, 6.07) is 15.9. The van der Waals surface area contributed by atoms with Gasteiger partial charge in [-0.1, -0.05) is 30.2 Å². The standard InChI is InChI=1S/C18H18O2/c1-3-15-4-6-16(7-5-15)12-17-8-10-18(11-9-17)20-13-14(2)19/h1,4-11,14,19H,12-13H2,2H3. The molecule has 0 amide bonds. The zero-order valence-corrected chi connectivity index (χ0v) is 11.5. The zero-order chi connectivity index (χ0) is 14.4. The van der Waals surface area contributed by atoms with Crippen LogP contribution in [-0.4, -0.2) is 17.8 Å². The molecule has 0 radical (unpaired) electrons. The highest BCUT2D eigenvalue weighted by molar-refractivity contribution is 5.37. The molecule has 1 N–H and O–H groups in total. The molecule has 0 aliphatic heterocycles. The molecule has 0 saturated heterocycles. The van der Waals surface area contributed by atoms with Gasteiger partial charge in [-0.25, -0.2) is 0 Å². The Hall–Kier alpha value is -2.24. The third kappa shape index (κ3) is 4.15. The first-order valence-corrected chi connectivity index (χ1v) is 6.63. The van der Waals surface area contributed by atoms with Crippen LogP contribution in [0.15, 0.2) is 48.5 Å². The van der Waals surface area contributed by atoms with Gasteiger partial charge in [0.1, 0.15) is 12.4 Å². The zero-order valence-electron chi connectivity index (χ0n) is 11.5. The van der Waals surface area contributed by atoms with Gasteiger partial charge in [-0.05, 0) is 48.7 Å². The highest BCUT2D eigenvalue weighted by Gasteiger charge is 2.00. The summed E-state index contributed by atoms with van der Waals surface area (Å²) in [6.07, 6.45) is 5.75. The van der Waals surface area contributed by atoms with Gasteiger partial charge in [0.2, 0.25) is 0 Å². The molecule has 2 rings (SSSR count). The topological polar surface area (TPSA) is 29.5 Å². The average molecular weight is 266 g/mol. The molecule has 0 fully saturated rings. The Morgan fingerprint density at radius 2 is 1.60 bits per heavy atom. The van der Waals surface area contributed by atoms with Gasteiger partial charge in [-0.3, -0.25) is 0 Å². The van der Waals surface area contributed by atoms with E-state index in [2.05, 4.69) is 5.92 Å². The van der Waals surface area contributed by atoms with Crippen LogP contribution in [0.4, 0.5) is 0 Å². The van der Waals surface area contributed by atoms with Crippen LogP contribution in [0.5, 0.6) is 5.75 Å². The van der Waals surface area contributed by atoms with Crippen molar-refractivity contribution in [1.29, 1.82) is 0 Å². The minimum atomic E-state index is -0.454. The number of ether oxygens (including phenoxy) is 1. The van der Waals surface area contributed by atoms with Crippen molar-refractivity contribution in [3.63, 3.8) is 0 Å². The quantitative estimate of drug-likeness (QED) is 0.843. The summed E-state index contributed by atoms with van der Waals surface area (Å²) in [5.74, 6) is 3.39. The maximum atomic E-state index is 9.17. The summed E-state index contributed by atoms with van der Waals surface area (Å²) in [5.41, 5.74) is 3.33. The molecule has 1 unspecified atom stereocenters. The molecule has 102 valence electrons. The molecule has 2 aromatic carbocycles. The summed E-state index contributed by atoms with van der Waals surface area (Å²) in [7, 11) is 0. The Morgan fingerprint density at radius 1 is 1.05 bits per heavy atom. The van der Waals surface area contributed by atoms with Crippen molar-refractivity contribution in [2.75, 3.05) is 6.61 Å². The minimum absolute atomic E-state index is 0.312. The summed E-state index contributed by atoms with van der Waals surface area (Å²) in [4.78, 5) is 0. The van der Waals surface area contributed by atoms with E-state index in [1.807, 2.05) is 48.5 Å². The molecule has 0 spiro atoms. The van der Waals surface area contributed by atoms with Gasteiger partial charge in [0.25, 0.3) is 0 Å². The van der Waals surface area contributed by atoms with E-state index in [1.165, 1.54) is 11.1 Å². The van der Waals surface area contributed by atoms with Crippen molar-refractivity contribution < 1.29 is 9.84 Å². The van der Waals surface area contributed by atoms with Gasteiger partial charge in [-0.15, -0.1) is 6.42 Å². The Kier molecular flexibility index (Phi) is 4.81. The SMILES string of the molecule is C#Cc1ccc(Cc2ccc(OCC(C)O)cc2)cc1. The molecule has 20 heavy (non-hydrogen) atoms. The molecule has 0 aromatic heterocycles.